The molecule has 2 N–H and O–H groups in total. The van der Waals surface area contributed by atoms with E-state index in [2.05, 4.69) is 15.3 Å². The Morgan fingerprint density at radius 3 is 3.00 bits per heavy atom. The summed E-state index contributed by atoms with van der Waals surface area (Å²) in [5.74, 6) is 1.81. The molecular weight excluding hydrogens is 166 g/mol. The molecule has 0 aliphatic rings. The zero-order valence-electron chi connectivity index (χ0n) is 7.99. The lowest BCUT2D eigenvalue weighted by atomic mass is 10.2. The smallest absolute Gasteiger partial charge is 0.129 e. The summed E-state index contributed by atoms with van der Waals surface area (Å²) < 4.78 is 0. The minimum Gasteiger partial charge on any atom is -0.396 e. The Morgan fingerprint density at radius 2 is 2.38 bits per heavy atom. The van der Waals surface area contributed by atoms with Gasteiger partial charge in [0.05, 0.1) is 0 Å². The van der Waals surface area contributed by atoms with Crippen LogP contribution in [0.15, 0.2) is 12.3 Å². The summed E-state index contributed by atoms with van der Waals surface area (Å²) in [6, 6.07) is 1.82. The van der Waals surface area contributed by atoms with Gasteiger partial charge in [-0.05, 0) is 18.9 Å². The number of aromatic nitrogens is 2. The summed E-state index contributed by atoms with van der Waals surface area (Å²) in [6.45, 7) is 4.74. The molecule has 0 spiro atoms. The standard InChI is InChI=1S/C9H15N3O/c1-7(6-13)5-11-9-3-4-10-8(2)12-9/h3-4,7,13H,5-6H2,1-2H3,(H,10,11,12). The first kappa shape index (κ1) is 9.92. The highest BCUT2D eigenvalue weighted by molar-refractivity contribution is 5.32. The summed E-state index contributed by atoms with van der Waals surface area (Å²) in [5.41, 5.74) is 0. The molecule has 13 heavy (non-hydrogen) atoms. The van der Waals surface area contributed by atoms with Gasteiger partial charge in [-0.15, -0.1) is 0 Å². The van der Waals surface area contributed by atoms with Gasteiger partial charge in [-0.1, -0.05) is 6.92 Å². The van der Waals surface area contributed by atoms with Crippen LogP contribution in [-0.4, -0.2) is 28.2 Å². The highest BCUT2D eigenvalue weighted by atomic mass is 16.3. The molecule has 72 valence electrons. The number of nitrogens with one attached hydrogen (secondary N) is 1. The molecule has 1 aromatic heterocycles. The average molecular weight is 181 g/mol. The monoisotopic (exact) mass is 181 g/mol. The molecule has 0 radical (unpaired) electrons. The molecule has 1 rings (SSSR count). The summed E-state index contributed by atoms with van der Waals surface area (Å²) >= 11 is 0. The van der Waals surface area contributed by atoms with Crippen LogP contribution in [0.3, 0.4) is 0 Å². The van der Waals surface area contributed by atoms with Crippen molar-refractivity contribution < 1.29 is 5.11 Å². The molecule has 1 atom stereocenters. The third-order valence-electron chi connectivity index (χ3n) is 1.72. The maximum Gasteiger partial charge on any atom is 0.129 e. The molecule has 4 nitrogen and oxygen atoms in total. The van der Waals surface area contributed by atoms with Gasteiger partial charge in [0.15, 0.2) is 0 Å². The average Bonchev–Trinajstić information content (AvgIpc) is 2.14. The van der Waals surface area contributed by atoms with Gasteiger partial charge in [0.25, 0.3) is 0 Å². The largest absolute Gasteiger partial charge is 0.396 e. The van der Waals surface area contributed by atoms with Crippen LogP contribution in [0.4, 0.5) is 5.82 Å². The second-order valence-corrected chi connectivity index (χ2v) is 3.16. The Morgan fingerprint density at radius 1 is 1.62 bits per heavy atom. The van der Waals surface area contributed by atoms with Crippen LogP contribution in [0, 0.1) is 12.8 Å². The molecule has 0 aliphatic carbocycles. The van der Waals surface area contributed by atoms with Crippen molar-refractivity contribution in [3.05, 3.63) is 18.1 Å². The minimum atomic E-state index is 0.192. The van der Waals surface area contributed by atoms with Crippen molar-refractivity contribution in [1.82, 2.24) is 9.97 Å². The summed E-state index contributed by atoms with van der Waals surface area (Å²) in [6.07, 6.45) is 1.72. The summed E-state index contributed by atoms with van der Waals surface area (Å²) in [5, 5.41) is 11.9. The third kappa shape index (κ3) is 3.38. The molecule has 0 fully saturated rings. The van der Waals surface area contributed by atoms with Gasteiger partial charge in [-0.2, -0.15) is 0 Å². The van der Waals surface area contributed by atoms with Crippen LogP contribution < -0.4 is 5.32 Å². The first-order valence-electron chi connectivity index (χ1n) is 4.36. The molecule has 1 aromatic rings. The van der Waals surface area contributed by atoms with Gasteiger partial charge in [0.2, 0.25) is 0 Å². The molecule has 0 aromatic carbocycles. The molecule has 0 bridgehead atoms. The fourth-order valence-corrected chi connectivity index (χ4v) is 0.898. The summed E-state index contributed by atoms with van der Waals surface area (Å²) in [7, 11) is 0. The van der Waals surface area contributed by atoms with E-state index in [-0.39, 0.29) is 12.5 Å². The Balaban J connectivity index is 2.45. The molecule has 1 unspecified atom stereocenters. The zero-order chi connectivity index (χ0) is 9.68. The first-order valence-corrected chi connectivity index (χ1v) is 4.36. The molecule has 1 heterocycles. The van der Waals surface area contributed by atoms with E-state index in [9.17, 15) is 0 Å². The van der Waals surface area contributed by atoms with Gasteiger partial charge in [0, 0.05) is 19.3 Å². The second kappa shape index (κ2) is 4.77. The van der Waals surface area contributed by atoms with Crippen LogP contribution >= 0.6 is 0 Å². The van der Waals surface area contributed by atoms with Crippen molar-refractivity contribution in [2.45, 2.75) is 13.8 Å². The Hall–Kier alpha value is -1.16. The van der Waals surface area contributed by atoms with E-state index in [1.54, 1.807) is 6.20 Å². The lowest BCUT2D eigenvalue weighted by Gasteiger charge is -2.09. The van der Waals surface area contributed by atoms with E-state index in [1.165, 1.54) is 0 Å². The van der Waals surface area contributed by atoms with Crippen LogP contribution in [0.5, 0.6) is 0 Å². The van der Waals surface area contributed by atoms with Crippen molar-refractivity contribution in [2.24, 2.45) is 5.92 Å². The zero-order valence-corrected chi connectivity index (χ0v) is 7.99. The summed E-state index contributed by atoms with van der Waals surface area (Å²) in [4.78, 5) is 8.16. The van der Waals surface area contributed by atoms with E-state index in [1.807, 2.05) is 19.9 Å². The van der Waals surface area contributed by atoms with Crippen molar-refractivity contribution in [1.29, 1.82) is 0 Å². The minimum absolute atomic E-state index is 0.192. The predicted octanol–water partition coefficient (Wildman–Crippen LogP) is 0.825. The Bertz CT molecular complexity index is 265. The predicted molar refractivity (Wildman–Crippen MR) is 51.5 cm³/mol. The van der Waals surface area contributed by atoms with E-state index in [0.717, 1.165) is 18.2 Å². The lowest BCUT2D eigenvalue weighted by molar-refractivity contribution is 0.244. The first-order chi connectivity index (χ1) is 6.22. The van der Waals surface area contributed by atoms with Gasteiger partial charge in [-0.25, -0.2) is 9.97 Å². The van der Waals surface area contributed by atoms with E-state index in [0.29, 0.717) is 0 Å². The number of nitrogens with zero attached hydrogens (tertiary/aromatic N) is 2. The number of anilines is 1. The van der Waals surface area contributed by atoms with Gasteiger partial charge >= 0.3 is 0 Å². The number of hydrogen-bond acceptors (Lipinski definition) is 4. The number of aliphatic hydroxyl groups excluding tert-OH is 1. The van der Waals surface area contributed by atoms with Crippen LogP contribution in [-0.2, 0) is 0 Å². The topological polar surface area (TPSA) is 58.0 Å². The molecular formula is C9H15N3O. The highest BCUT2D eigenvalue weighted by Gasteiger charge is 1.99. The van der Waals surface area contributed by atoms with Crippen molar-refractivity contribution in [2.75, 3.05) is 18.5 Å². The second-order valence-electron chi connectivity index (χ2n) is 3.16. The number of aryl methyl sites for hydroxylation is 1. The lowest BCUT2D eigenvalue weighted by Crippen LogP contribution is -2.15. The van der Waals surface area contributed by atoms with Gasteiger partial charge < -0.3 is 10.4 Å². The normalized spacial score (nSPS) is 12.5. The maximum atomic E-state index is 8.79. The highest BCUT2D eigenvalue weighted by Crippen LogP contribution is 2.02. The van der Waals surface area contributed by atoms with E-state index < -0.39 is 0 Å². The number of rotatable bonds is 4. The SMILES string of the molecule is Cc1nccc(NCC(C)CO)n1. The fourth-order valence-electron chi connectivity index (χ4n) is 0.898. The molecule has 0 saturated carbocycles. The van der Waals surface area contributed by atoms with E-state index >= 15 is 0 Å². The molecule has 4 heteroatoms. The Labute approximate surface area is 78.0 Å². The van der Waals surface area contributed by atoms with Crippen molar-refractivity contribution >= 4 is 5.82 Å². The molecule has 0 aliphatic heterocycles. The van der Waals surface area contributed by atoms with Crippen molar-refractivity contribution in [3.8, 4) is 0 Å². The van der Waals surface area contributed by atoms with Crippen LogP contribution in [0.1, 0.15) is 12.7 Å². The van der Waals surface area contributed by atoms with Crippen LogP contribution in [0.25, 0.3) is 0 Å². The quantitative estimate of drug-likeness (QED) is 0.722. The Kier molecular flexibility index (Phi) is 3.64. The molecule has 0 saturated heterocycles. The number of hydrogen-bond donors (Lipinski definition) is 2. The number of aliphatic hydroxyl groups is 1. The van der Waals surface area contributed by atoms with Gasteiger partial charge in [-0.3, -0.25) is 0 Å². The third-order valence-corrected chi connectivity index (χ3v) is 1.72. The van der Waals surface area contributed by atoms with E-state index in [4.69, 9.17) is 5.11 Å². The van der Waals surface area contributed by atoms with Gasteiger partial charge in [0.1, 0.15) is 11.6 Å². The van der Waals surface area contributed by atoms with Crippen LogP contribution in [0.2, 0.25) is 0 Å². The molecule has 0 amide bonds. The maximum absolute atomic E-state index is 8.79. The fraction of sp³-hybridized carbons (Fsp3) is 0.556. The van der Waals surface area contributed by atoms with Crippen molar-refractivity contribution in [3.63, 3.8) is 0 Å².